The number of aliphatic imine (C=N–C) groups is 1. The fourth-order valence-corrected chi connectivity index (χ4v) is 3.75. The summed E-state index contributed by atoms with van der Waals surface area (Å²) in [7, 11) is 0. The second kappa shape index (κ2) is 6.97. The maximum atomic E-state index is 6.08. The van der Waals surface area contributed by atoms with E-state index < -0.39 is 0 Å². The van der Waals surface area contributed by atoms with E-state index in [1.165, 1.54) is 62.5 Å². The van der Waals surface area contributed by atoms with Gasteiger partial charge in [-0.05, 0) is 43.2 Å². The molecule has 0 aromatic heterocycles. The molecule has 1 saturated carbocycles. The minimum Gasteiger partial charge on any atom is -0.370 e. The van der Waals surface area contributed by atoms with E-state index in [1.54, 1.807) is 0 Å². The number of guanidine groups is 1. The molecule has 0 saturated heterocycles. The molecule has 3 rings (SSSR count). The topological polar surface area (TPSA) is 50.4 Å². The highest BCUT2D eigenvalue weighted by molar-refractivity contribution is 5.78. The van der Waals surface area contributed by atoms with Crippen LogP contribution in [0.1, 0.15) is 62.0 Å². The zero-order valence-electron chi connectivity index (χ0n) is 12.9. The van der Waals surface area contributed by atoms with Crippen LogP contribution in [0.2, 0.25) is 0 Å². The van der Waals surface area contributed by atoms with Gasteiger partial charge in [-0.2, -0.15) is 0 Å². The van der Waals surface area contributed by atoms with E-state index in [0.29, 0.717) is 17.9 Å². The van der Waals surface area contributed by atoms with Crippen LogP contribution >= 0.6 is 0 Å². The first-order valence-electron chi connectivity index (χ1n) is 8.47. The van der Waals surface area contributed by atoms with Crippen molar-refractivity contribution in [1.29, 1.82) is 0 Å². The minimum atomic E-state index is 0.543. The Morgan fingerprint density at radius 2 is 1.90 bits per heavy atom. The Bertz CT molecular complexity index is 489. The predicted molar refractivity (Wildman–Crippen MR) is 88.6 cm³/mol. The molecule has 3 N–H and O–H groups in total. The summed E-state index contributed by atoms with van der Waals surface area (Å²) in [6, 6.07) is 9.35. The smallest absolute Gasteiger partial charge is 0.188 e. The SMILES string of the molecule is NC(=NCC1CCCc2ccccc21)NC1CCCCC1. The van der Waals surface area contributed by atoms with Gasteiger partial charge in [0.05, 0.1) is 0 Å². The van der Waals surface area contributed by atoms with Gasteiger partial charge in [0.25, 0.3) is 0 Å². The molecular weight excluding hydrogens is 258 g/mol. The van der Waals surface area contributed by atoms with E-state index in [9.17, 15) is 0 Å². The monoisotopic (exact) mass is 285 g/mol. The number of benzene rings is 1. The zero-order chi connectivity index (χ0) is 14.5. The number of nitrogens with zero attached hydrogens (tertiary/aromatic N) is 1. The number of hydrogen-bond acceptors (Lipinski definition) is 1. The lowest BCUT2D eigenvalue weighted by Gasteiger charge is -2.25. The Balaban J connectivity index is 1.58. The highest BCUT2D eigenvalue weighted by Crippen LogP contribution is 2.31. The predicted octanol–water partition coefficient (Wildman–Crippen LogP) is 3.34. The number of nitrogens with two attached hydrogens (primary N) is 1. The van der Waals surface area contributed by atoms with Gasteiger partial charge in [0.15, 0.2) is 5.96 Å². The Labute approximate surface area is 128 Å². The van der Waals surface area contributed by atoms with Gasteiger partial charge in [-0.15, -0.1) is 0 Å². The van der Waals surface area contributed by atoms with Crippen molar-refractivity contribution in [3.05, 3.63) is 35.4 Å². The second-order valence-electron chi connectivity index (χ2n) is 6.49. The average molecular weight is 285 g/mol. The zero-order valence-corrected chi connectivity index (χ0v) is 12.9. The van der Waals surface area contributed by atoms with Crippen LogP contribution in [-0.4, -0.2) is 18.5 Å². The number of nitrogens with one attached hydrogen (secondary N) is 1. The van der Waals surface area contributed by atoms with Crippen molar-refractivity contribution in [2.24, 2.45) is 10.7 Å². The number of fused-ring (bicyclic) bond motifs is 1. The van der Waals surface area contributed by atoms with Gasteiger partial charge in [-0.1, -0.05) is 43.5 Å². The van der Waals surface area contributed by atoms with Gasteiger partial charge >= 0.3 is 0 Å². The summed E-state index contributed by atoms with van der Waals surface area (Å²) in [5, 5.41) is 3.41. The molecule has 3 heteroatoms. The van der Waals surface area contributed by atoms with E-state index in [-0.39, 0.29) is 0 Å². The largest absolute Gasteiger partial charge is 0.370 e. The second-order valence-corrected chi connectivity index (χ2v) is 6.49. The van der Waals surface area contributed by atoms with Gasteiger partial charge in [0.2, 0.25) is 0 Å². The van der Waals surface area contributed by atoms with Gasteiger partial charge in [-0.25, -0.2) is 0 Å². The van der Waals surface area contributed by atoms with Crippen LogP contribution in [0.5, 0.6) is 0 Å². The van der Waals surface area contributed by atoms with E-state index >= 15 is 0 Å². The maximum absolute atomic E-state index is 6.08. The van der Waals surface area contributed by atoms with Crippen LogP contribution in [-0.2, 0) is 6.42 Å². The van der Waals surface area contributed by atoms with E-state index in [4.69, 9.17) is 5.73 Å². The first-order chi connectivity index (χ1) is 10.3. The summed E-state index contributed by atoms with van der Waals surface area (Å²) in [5.41, 5.74) is 9.07. The number of aryl methyl sites for hydroxylation is 1. The van der Waals surface area contributed by atoms with Gasteiger partial charge < -0.3 is 11.1 Å². The highest BCUT2D eigenvalue weighted by Gasteiger charge is 2.19. The van der Waals surface area contributed by atoms with Crippen LogP contribution in [0.4, 0.5) is 0 Å². The summed E-state index contributed by atoms with van der Waals surface area (Å²) in [4.78, 5) is 4.62. The molecule has 1 unspecified atom stereocenters. The molecule has 1 atom stereocenters. The standard InChI is InChI=1S/C18H27N3/c19-18(21-16-10-2-1-3-11-16)20-13-15-9-6-8-14-7-4-5-12-17(14)15/h4-5,7,12,15-16H,1-3,6,8-11,13H2,(H3,19,20,21). The molecule has 0 radical (unpaired) electrons. The van der Waals surface area contributed by atoms with Crippen molar-refractivity contribution in [1.82, 2.24) is 5.32 Å². The molecule has 0 heterocycles. The molecular formula is C18H27N3. The lowest BCUT2D eigenvalue weighted by atomic mass is 9.83. The van der Waals surface area contributed by atoms with Crippen LogP contribution < -0.4 is 11.1 Å². The lowest BCUT2D eigenvalue weighted by molar-refractivity contribution is 0.412. The summed E-state index contributed by atoms with van der Waals surface area (Å²) in [6.07, 6.45) is 10.2. The molecule has 1 fully saturated rings. The quantitative estimate of drug-likeness (QED) is 0.661. The van der Waals surface area contributed by atoms with Gasteiger partial charge in [0, 0.05) is 18.5 Å². The fourth-order valence-electron chi connectivity index (χ4n) is 3.75. The minimum absolute atomic E-state index is 0.543. The van der Waals surface area contributed by atoms with Crippen molar-refractivity contribution >= 4 is 5.96 Å². The van der Waals surface area contributed by atoms with Gasteiger partial charge in [0.1, 0.15) is 0 Å². The third-order valence-corrected chi connectivity index (χ3v) is 4.93. The first-order valence-corrected chi connectivity index (χ1v) is 8.47. The summed E-state index contributed by atoms with van der Waals surface area (Å²) in [5.74, 6) is 1.19. The van der Waals surface area contributed by atoms with E-state index in [0.717, 1.165) is 6.54 Å². The van der Waals surface area contributed by atoms with Crippen LogP contribution in [0, 0.1) is 0 Å². The van der Waals surface area contributed by atoms with E-state index in [1.807, 2.05) is 0 Å². The molecule has 1 aromatic rings. The van der Waals surface area contributed by atoms with Gasteiger partial charge in [-0.3, -0.25) is 4.99 Å². The first kappa shape index (κ1) is 14.4. The van der Waals surface area contributed by atoms with Crippen molar-refractivity contribution in [2.75, 3.05) is 6.54 Å². The molecule has 2 aliphatic rings. The molecule has 21 heavy (non-hydrogen) atoms. The Morgan fingerprint density at radius 3 is 2.76 bits per heavy atom. The molecule has 114 valence electrons. The van der Waals surface area contributed by atoms with Crippen LogP contribution in [0.3, 0.4) is 0 Å². The molecule has 0 spiro atoms. The van der Waals surface area contributed by atoms with E-state index in [2.05, 4.69) is 34.6 Å². The molecule has 0 bridgehead atoms. The lowest BCUT2D eigenvalue weighted by Crippen LogP contribution is -2.41. The summed E-state index contributed by atoms with van der Waals surface area (Å²) < 4.78 is 0. The number of rotatable bonds is 3. The molecule has 2 aliphatic carbocycles. The number of hydrogen-bond donors (Lipinski definition) is 2. The molecule has 3 nitrogen and oxygen atoms in total. The Hall–Kier alpha value is -1.51. The van der Waals surface area contributed by atoms with Crippen LogP contribution in [0.15, 0.2) is 29.3 Å². The third kappa shape index (κ3) is 3.78. The van der Waals surface area contributed by atoms with Crippen molar-refractivity contribution in [3.63, 3.8) is 0 Å². The summed E-state index contributed by atoms with van der Waals surface area (Å²) >= 11 is 0. The third-order valence-electron chi connectivity index (χ3n) is 4.93. The summed E-state index contributed by atoms with van der Waals surface area (Å²) in [6.45, 7) is 0.822. The molecule has 1 aromatic carbocycles. The molecule has 0 aliphatic heterocycles. The average Bonchev–Trinajstić information content (AvgIpc) is 2.54. The Morgan fingerprint density at radius 1 is 1.10 bits per heavy atom. The normalized spacial score (nSPS) is 23.6. The van der Waals surface area contributed by atoms with Crippen molar-refractivity contribution < 1.29 is 0 Å². The maximum Gasteiger partial charge on any atom is 0.188 e. The molecule has 0 amide bonds. The van der Waals surface area contributed by atoms with Crippen LogP contribution in [0.25, 0.3) is 0 Å². The Kier molecular flexibility index (Phi) is 4.79. The fraction of sp³-hybridized carbons (Fsp3) is 0.611. The highest BCUT2D eigenvalue weighted by atomic mass is 15.1. The van der Waals surface area contributed by atoms with Crippen molar-refractivity contribution in [3.8, 4) is 0 Å². The van der Waals surface area contributed by atoms with Crippen molar-refractivity contribution in [2.45, 2.75) is 63.3 Å².